The quantitative estimate of drug-likeness (QED) is 0.777. The van der Waals surface area contributed by atoms with Gasteiger partial charge in [0.25, 0.3) is 0 Å². The number of nitrogens with zero attached hydrogens (tertiary/aromatic N) is 1. The predicted octanol–water partition coefficient (Wildman–Crippen LogP) is 3.75. The third kappa shape index (κ3) is 2.59. The lowest BCUT2D eigenvalue weighted by Crippen LogP contribution is -2.44. The van der Waals surface area contributed by atoms with E-state index in [-0.39, 0.29) is 17.0 Å². The molecule has 2 heterocycles. The lowest BCUT2D eigenvalue weighted by atomic mass is 9.98. The van der Waals surface area contributed by atoms with Gasteiger partial charge in [0.05, 0.1) is 17.0 Å². The third-order valence-electron chi connectivity index (χ3n) is 5.22. The van der Waals surface area contributed by atoms with E-state index in [0.717, 1.165) is 25.7 Å². The molecule has 0 spiro atoms. The molecule has 2 saturated heterocycles. The predicted molar refractivity (Wildman–Crippen MR) is 89.3 cm³/mol. The maximum Gasteiger partial charge on any atom is 0.243 e. The molecule has 3 aliphatic rings. The first-order valence-corrected chi connectivity index (χ1v) is 9.89. The highest BCUT2D eigenvalue weighted by atomic mass is 35.5. The number of rotatable bonds is 3. The van der Waals surface area contributed by atoms with Crippen LogP contribution in [-0.4, -0.2) is 31.9 Å². The minimum atomic E-state index is -3.50. The second kappa shape index (κ2) is 5.50. The summed E-state index contributed by atoms with van der Waals surface area (Å²) < 4.78 is 33.1. The summed E-state index contributed by atoms with van der Waals surface area (Å²) in [7, 11) is -1.98. The third-order valence-corrected chi connectivity index (χ3v) is 7.51. The number of benzene rings is 1. The number of allylic oxidation sites excluding steroid dienone is 1. The van der Waals surface area contributed by atoms with E-state index in [2.05, 4.69) is 0 Å². The highest BCUT2D eigenvalue weighted by molar-refractivity contribution is 7.89. The fourth-order valence-electron chi connectivity index (χ4n) is 4.00. The van der Waals surface area contributed by atoms with E-state index in [1.807, 2.05) is 0 Å². The first-order chi connectivity index (χ1) is 11.0. The molecule has 6 heteroatoms. The average molecular weight is 354 g/mol. The van der Waals surface area contributed by atoms with Gasteiger partial charge in [0, 0.05) is 12.1 Å². The highest BCUT2D eigenvalue weighted by Gasteiger charge is 2.46. The zero-order valence-electron chi connectivity index (χ0n) is 13.1. The van der Waals surface area contributed by atoms with Crippen LogP contribution in [0.3, 0.4) is 0 Å². The van der Waals surface area contributed by atoms with Crippen LogP contribution in [0.1, 0.15) is 38.5 Å². The van der Waals surface area contributed by atoms with Crippen molar-refractivity contribution in [3.63, 3.8) is 0 Å². The van der Waals surface area contributed by atoms with Crippen molar-refractivity contribution < 1.29 is 13.2 Å². The topological polar surface area (TPSA) is 46.6 Å². The fourth-order valence-corrected chi connectivity index (χ4v) is 6.22. The molecule has 2 unspecified atom stereocenters. The lowest BCUT2D eigenvalue weighted by Gasteiger charge is -2.35. The number of hydrogen-bond donors (Lipinski definition) is 0. The van der Waals surface area contributed by atoms with Gasteiger partial charge in [-0.15, -0.1) is 0 Å². The lowest BCUT2D eigenvalue weighted by molar-refractivity contribution is 0.284. The molecule has 2 aliphatic heterocycles. The number of ether oxygens (including phenoxy) is 1. The smallest absolute Gasteiger partial charge is 0.243 e. The van der Waals surface area contributed by atoms with Crippen LogP contribution < -0.4 is 4.74 Å². The molecule has 0 aromatic heterocycles. The van der Waals surface area contributed by atoms with Crippen molar-refractivity contribution in [1.82, 2.24) is 4.31 Å². The summed E-state index contributed by atoms with van der Waals surface area (Å²) in [5.74, 6) is 0.494. The van der Waals surface area contributed by atoms with E-state index >= 15 is 0 Å². The fraction of sp³-hybridized carbons (Fsp3) is 0.529. The molecule has 1 aromatic rings. The second-order valence-electron chi connectivity index (χ2n) is 6.63. The summed E-state index contributed by atoms with van der Waals surface area (Å²) >= 11 is 6.12. The molecule has 4 nitrogen and oxygen atoms in total. The first kappa shape index (κ1) is 15.5. The van der Waals surface area contributed by atoms with Gasteiger partial charge in [-0.3, -0.25) is 0 Å². The van der Waals surface area contributed by atoms with Crippen molar-refractivity contribution in [3.8, 4) is 5.75 Å². The summed E-state index contributed by atoms with van der Waals surface area (Å²) in [5, 5.41) is 0.332. The van der Waals surface area contributed by atoms with Crippen LogP contribution in [0.5, 0.6) is 5.75 Å². The van der Waals surface area contributed by atoms with Gasteiger partial charge in [-0.25, -0.2) is 8.42 Å². The van der Waals surface area contributed by atoms with Crippen LogP contribution in [0, 0.1) is 0 Å². The Hall–Kier alpha value is -1.04. The van der Waals surface area contributed by atoms with Crippen LogP contribution in [-0.2, 0) is 10.0 Å². The highest BCUT2D eigenvalue weighted by Crippen LogP contribution is 2.46. The molecule has 4 rings (SSSR count). The minimum absolute atomic E-state index is 0.114. The molecule has 23 heavy (non-hydrogen) atoms. The van der Waals surface area contributed by atoms with Gasteiger partial charge in [0.15, 0.2) is 0 Å². The van der Waals surface area contributed by atoms with Crippen LogP contribution in [0.2, 0.25) is 5.02 Å². The Morgan fingerprint density at radius 2 is 1.78 bits per heavy atom. The molecule has 2 atom stereocenters. The van der Waals surface area contributed by atoms with Crippen molar-refractivity contribution in [2.24, 2.45) is 0 Å². The largest absolute Gasteiger partial charge is 0.495 e. The van der Waals surface area contributed by atoms with Gasteiger partial charge >= 0.3 is 0 Å². The number of hydrogen-bond acceptors (Lipinski definition) is 3. The molecule has 1 aliphatic carbocycles. The summed E-state index contributed by atoms with van der Waals surface area (Å²) in [5.41, 5.74) is 3.10. The zero-order chi connectivity index (χ0) is 16.2. The van der Waals surface area contributed by atoms with Crippen molar-refractivity contribution in [3.05, 3.63) is 34.4 Å². The number of halogens is 1. The maximum atomic E-state index is 13.1. The molecule has 0 N–H and O–H groups in total. The normalized spacial score (nSPS) is 27.4. The summed E-state index contributed by atoms with van der Waals surface area (Å²) in [6, 6.07) is 4.95. The van der Waals surface area contributed by atoms with Crippen LogP contribution in [0.25, 0.3) is 0 Å². The van der Waals surface area contributed by atoms with Gasteiger partial charge in [0.2, 0.25) is 10.0 Å². The van der Waals surface area contributed by atoms with E-state index in [1.165, 1.54) is 31.6 Å². The minimum Gasteiger partial charge on any atom is -0.495 e. The number of sulfonamides is 1. The average Bonchev–Trinajstić information content (AvgIpc) is 3.32. The molecule has 1 aromatic carbocycles. The molecule has 2 bridgehead atoms. The molecule has 1 saturated carbocycles. The van der Waals surface area contributed by atoms with E-state index < -0.39 is 10.0 Å². The molecular formula is C17H20ClNO3S. The van der Waals surface area contributed by atoms with Crippen molar-refractivity contribution >= 4 is 21.6 Å². The van der Waals surface area contributed by atoms with E-state index in [0.29, 0.717) is 10.8 Å². The molecular weight excluding hydrogens is 334 g/mol. The van der Waals surface area contributed by atoms with Crippen molar-refractivity contribution in [2.75, 3.05) is 7.11 Å². The molecule has 124 valence electrons. The number of methoxy groups -OCH3 is 1. The first-order valence-electron chi connectivity index (χ1n) is 8.07. The van der Waals surface area contributed by atoms with E-state index in [4.69, 9.17) is 16.3 Å². The summed E-state index contributed by atoms with van der Waals surface area (Å²) in [4.78, 5) is 0.266. The van der Waals surface area contributed by atoms with Crippen molar-refractivity contribution in [1.29, 1.82) is 0 Å². The SMILES string of the molecule is COc1ccc(S(=O)(=O)N2C3CCC2CC(=C2CC2)C3)cc1Cl. The van der Waals surface area contributed by atoms with Gasteiger partial charge in [-0.1, -0.05) is 22.7 Å². The van der Waals surface area contributed by atoms with Gasteiger partial charge in [-0.05, 0) is 56.7 Å². The second-order valence-corrected chi connectivity index (χ2v) is 8.88. The standard InChI is InChI=1S/C17H20ClNO3S/c1-22-17-7-6-15(10-16(17)18)23(20,21)19-13-4-5-14(19)9-12(8-13)11-2-3-11/h6-7,10,13-14H,2-5,8-9H2,1H3. The van der Waals surface area contributed by atoms with Gasteiger partial charge in [0.1, 0.15) is 5.75 Å². The van der Waals surface area contributed by atoms with Crippen LogP contribution in [0.15, 0.2) is 34.2 Å². The monoisotopic (exact) mass is 353 g/mol. The van der Waals surface area contributed by atoms with Crippen LogP contribution >= 0.6 is 11.6 Å². The van der Waals surface area contributed by atoms with E-state index in [1.54, 1.807) is 22.0 Å². The summed E-state index contributed by atoms with van der Waals surface area (Å²) in [6.45, 7) is 0. The Morgan fingerprint density at radius 3 is 2.30 bits per heavy atom. The molecule has 0 amide bonds. The van der Waals surface area contributed by atoms with Crippen molar-refractivity contribution in [2.45, 2.75) is 55.5 Å². The Morgan fingerprint density at radius 1 is 1.13 bits per heavy atom. The molecule has 0 radical (unpaired) electrons. The Balaban J connectivity index is 1.67. The molecule has 3 fully saturated rings. The number of fused-ring (bicyclic) bond motifs is 2. The Labute approximate surface area is 142 Å². The van der Waals surface area contributed by atoms with Gasteiger partial charge in [-0.2, -0.15) is 4.31 Å². The maximum absolute atomic E-state index is 13.1. The van der Waals surface area contributed by atoms with Gasteiger partial charge < -0.3 is 4.74 Å². The Bertz CT molecular complexity index is 765. The Kier molecular flexibility index (Phi) is 3.70. The van der Waals surface area contributed by atoms with Crippen LogP contribution in [0.4, 0.5) is 0 Å². The number of piperidine rings is 1. The van der Waals surface area contributed by atoms with E-state index in [9.17, 15) is 8.42 Å². The summed E-state index contributed by atoms with van der Waals surface area (Å²) in [6.07, 6.45) is 6.18. The zero-order valence-corrected chi connectivity index (χ0v) is 14.7.